The van der Waals surface area contributed by atoms with Crippen LogP contribution in [-0.4, -0.2) is 98.3 Å². The van der Waals surface area contributed by atoms with Gasteiger partial charge in [-0.1, -0.05) is 131 Å². The molecule has 6 N–H and O–H groups in total. The van der Waals surface area contributed by atoms with Gasteiger partial charge in [0.15, 0.2) is 6.10 Å². The third kappa shape index (κ3) is 27.8. The maximum atomic E-state index is 12.8. The van der Waals surface area contributed by atoms with Crippen LogP contribution in [0.5, 0.6) is 0 Å². The first-order valence-electron chi connectivity index (χ1n) is 21.9. The van der Waals surface area contributed by atoms with Crippen molar-refractivity contribution < 1.29 is 63.1 Å². The van der Waals surface area contributed by atoms with Gasteiger partial charge in [0.1, 0.15) is 43.2 Å². The predicted molar refractivity (Wildman–Crippen MR) is 235 cm³/mol. The van der Waals surface area contributed by atoms with Gasteiger partial charge in [0.25, 0.3) is 0 Å². The number of phosphoric acid groups is 1. The minimum Gasteiger partial charge on any atom is -0.462 e. The highest BCUT2D eigenvalue weighted by Crippen LogP contribution is 2.47. The molecule has 1 aliphatic carbocycles. The number of carbonyl (C=O) groups excluding carboxylic acids is 2. The summed E-state index contributed by atoms with van der Waals surface area (Å²) >= 11 is 0. The number of phosphoric ester groups is 1. The Kier molecular flexibility index (Phi) is 32.7. The average Bonchev–Trinajstić information content (AvgIpc) is 3.23. The molecule has 0 aliphatic heterocycles. The van der Waals surface area contributed by atoms with Crippen molar-refractivity contribution in [2.45, 2.75) is 179 Å². The molecule has 0 radical (unpaired) electrons. The standard InChI is InChI=1S/C46H75O13P/c1-3-5-7-9-11-13-15-17-18-19-20-21-22-23-25-27-29-31-33-35-40(48)58-38(36-56-39(47)34-32-30-28-26-24-16-14-12-10-8-6-4-2)37-57-60(54,55)59-46-44(52)42(50)41(49)43(51)45(46)53/h5,7,11-14,17-18,20-21,23,25,29,31,38,41-46,49-53H,3-4,6,8-10,15-16,19,22,24,26-28,30,32-37H2,1-2H3,(H,54,55)/b7-5-,13-11-,14-12-,18-17-,21-20-,25-23-,31-29-/t38-,41?,42-,43?,44?,45?,46?/m1/s1. The van der Waals surface area contributed by atoms with Crippen molar-refractivity contribution in [1.29, 1.82) is 0 Å². The molecule has 0 spiro atoms. The largest absolute Gasteiger partial charge is 0.472 e. The number of rotatable bonds is 34. The molecule has 1 fully saturated rings. The highest BCUT2D eigenvalue weighted by molar-refractivity contribution is 7.47. The Labute approximate surface area is 358 Å². The first kappa shape index (κ1) is 55.0. The normalized spacial score (nSPS) is 23.0. The van der Waals surface area contributed by atoms with E-state index in [1.54, 1.807) is 0 Å². The molecule has 1 rings (SSSR count). The van der Waals surface area contributed by atoms with Crippen LogP contribution in [0.3, 0.4) is 0 Å². The van der Waals surface area contributed by atoms with Crippen molar-refractivity contribution >= 4 is 19.8 Å². The van der Waals surface area contributed by atoms with Crippen molar-refractivity contribution in [3.8, 4) is 0 Å². The summed E-state index contributed by atoms with van der Waals surface area (Å²) in [4.78, 5) is 35.6. The van der Waals surface area contributed by atoms with Gasteiger partial charge >= 0.3 is 19.8 Å². The van der Waals surface area contributed by atoms with Crippen molar-refractivity contribution in [2.24, 2.45) is 0 Å². The number of ether oxygens (including phenoxy) is 2. The molecule has 0 heterocycles. The van der Waals surface area contributed by atoms with Crippen LogP contribution in [0.4, 0.5) is 0 Å². The molecule has 1 aliphatic rings. The molecule has 0 amide bonds. The molecule has 342 valence electrons. The Morgan fingerprint density at radius 1 is 0.533 bits per heavy atom. The fourth-order valence-electron chi connectivity index (χ4n) is 5.95. The van der Waals surface area contributed by atoms with Gasteiger partial charge in [0.05, 0.1) is 6.61 Å². The molecular weight excluding hydrogens is 791 g/mol. The van der Waals surface area contributed by atoms with E-state index in [0.29, 0.717) is 19.3 Å². The van der Waals surface area contributed by atoms with E-state index in [9.17, 15) is 44.6 Å². The lowest BCUT2D eigenvalue weighted by molar-refractivity contribution is -0.220. The summed E-state index contributed by atoms with van der Waals surface area (Å²) in [7, 11) is -5.14. The SMILES string of the molecule is CC/C=C\C/C=C\C/C=C\C/C=C\C/C=C\C/C=C\CCC(=O)O[C@H](COC(=O)CCCCCCC/C=C\CCCCC)COP(=O)(O)OC1C(O)C(O)C(O)[C@@H](O)C1O. The van der Waals surface area contributed by atoms with Crippen LogP contribution in [0.25, 0.3) is 0 Å². The minimum atomic E-state index is -5.14. The fraction of sp³-hybridized carbons (Fsp3) is 0.652. The van der Waals surface area contributed by atoms with Crippen LogP contribution in [0, 0.1) is 0 Å². The Morgan fingerprint density at radius 3 is 1.52 bits per heavy atom. The number of unbranched alkanes of at least 4 members (excludes halogenated alkanes) is 8. The van der Waals surface area contributed by atoms with Gasteiger partial charge in [-0.25, -0.2) is 4.57 Å². The van der Waals surface area contributed by atoms with Gasteiger partial charge in [-0.05, 0) is 77.0 Å². The number of esters is 2. The van der Waals surface area contributed by atoms with Crippen molar-refractivity contribution in [1.82, 2.24) is 0 Å². The molecule has 0 aromatic heterocycles. The molecule has 14 heteroatoms. The summed E-state index contributed by atoms with van der Waals surface area (Å²) in [5.41, 5.74) is 0. The quantitative estimate of drug-likeness (QED) is 0.0157. The number of aliphatic hydroxyl groups is 5. The zero-order valence-corrected chi connectivity index (χ0v) is 36.9. The third-order valence-corrected chi connectivity index (χ3v) is 10.5. The summed E-state index contributed by atoms with van der Waals surface area (Å²) in [6.45, 7) is 3.06. The molecule has 0 saturated heterocycles. The monoisotopic (exact) mass is 866 g/mol. The summed E-state index contributed by atoms with van der Waals surface area (Å²) in [6, 6.07) is 0. The number of allylic oxidation sites excluding steroid dienone is 14. The molecule has 0 bridgehead atoms. The van der Waals surface area contributed by atoms with Crippen LogP contribution < -0.4 is 0 Å². The summed E-state index contributed by atoms with van der Waals surface area (Å²) < 4.78 is 33.3. The summed E-state index contributed by atoms with van der Waals surface area (Å²) in [6.07, 6.45) is 32.3. The van der Waals surface area contributed by atoms with E-state index in [4.69, 9.17) is 18.5 Å². The summed E-state index contributed by atoms with van der Waals surface area (Å²) in [5.74, 6) is -1.22. The number of carbonyl (C=O) groups is 2. The highest BCUT2D eigenvalue weighted by atomic mass is 31.2. The van der Waals surface area contributed by atoms with E-state index in [-0.39, 0.29) is 12.8 Å². The Balaban J connectivity index is 2.56. The second-order valence-electron chi connectivity index (χ2n) is 14.8. The van der Waals surface area contributed by atoms with Gasteiger partial charge < -0.3 is 39.9 Å². The van der Waals surface area contributed by atoms with E-state index in [2.05, 4.69) is 80.7 Å². The van der Waals surface area contributed by atoms with Crippen LogP contribution in [0.1, 0.15) is 136 Å². The van der Waals surface area contributed by atoms with Crippen LogP contribution >= 0.6 is 7.82 Å². The lowest BCUT2D eigenvalue weighted by Gasteiger charge is -2.41. The predicted octanol–water partition coefficient (Wildman–Crippen LogP) is 8.11. The highest BCUT2D eigenvalue weighted by Gasteiger charge is 2.51. The third-order valence-electron chi connectivity index (χ3n) is 9.48. The number of aliphatic hydroxyl groups excluding tert-OH is 5. The van der Waals surface area contributed by atoms with Crippen molar-refractivity contribution in [2.75, 3.05) is 13.2 Å². The lowest BCUT2D eigenvalue weighted by atomic mass is 9.85. The molecule has 1 saturated carbocycles. The van der Waals surface area contributed by atoms with E-state index in [1.807, 2.05) is 18.2 Å². The zero-order chi connectivity index (χ0) is 44.3. The molecule has 0 aromatic carbocycles. The fourth-order valence-corrected chi connectivity index (χ4v) is 6.93. The van der Waals surface area contributed by atoms with Crippen LogP contribution in [-0.2, 0) is 32.7 Å². The molecule has 6 unspecified atom stereocenters. The zero-order valence-electron chi connectivity index (χ0n) is 36.0. The smallest absolute Gasteiger partial charge is 0.462 e. The van der Waals surface area contributed by atoms with Crippen LogP contribution in [0.2, 0.25) is 0 Å². The van der Waals surface area contributed by atoms with Crippen molar-refractivity contribution in [3.05, 3.63) is 85.1 Å². The second kappa shape index (κ2) is 35.6. The first-order valence-corrected chi connectivity index (χ1v) is 23.4. The number of hydrogen-bond donors (Lipinski definition) is 6. The van der Waals surface area contributed by atoms with Gasteiger partial charge in [0.2, 0.25) is 0 Å². The Hall–Kier alpha value is -2.97. The Morgan fingerprint density at radius 2 is 0.983 bits per heavy atom. The maximum Gasteiger partial charge on any atom is 0.472 e. The van der Waals surface area contributed by atoms with Gasteiger partial charge in [-0.3, -0.25) is 18.6 Å². The summed E-state index contributed by atoms with van der Waals surface area (Å²) in [5, 5.41) is 50.1. The lowest BCUT2D eigenvalue weighted by Crippen LogP contribution is -2.64. The Bertz CT molecular complexity index is 1370. The first-order chi connectivity index (χ1) is 28.9. The van der Waals surface area contributed by atoms with Gasteiger partial charge in [-0.2, -0.15) is 0 Å². The van der Waals surface area contributed by atoms with E-state index in [1.165, 1.54) is 19.3 Å². The minimum absolute atomic E-state index is 0.0346. The van der Waals surface area contributed by atoms with Crippen molar-refractivity contribution in [3.63, 3.8) is 0 Å². The van der Waals surface area contributed by atoms with Gasteiger partial charge in [-0.15, -0.1) is 0 Å². The van der Waals surface area contributed by atoms with E-state index in [0.717, 1.165) is 70.6 Å². The van der Waals surface area contributed by atoms with E-state index >= 15 is 0 Å². The number of hydrogen-bond acceptors (Lipinski definition) is 12. The molecule has 13 nitrogen and oxygen atoms in total. The molecular formula is C46H75O13P. The van der Waals surface area contributed by atoms with E-state index < -0.39 is 75.7 Å². The second-order valence-corrected chi connectivity index (χ2v) is 16.2. The average molecular weight is 867 g/mol. The topological polar surface area (TPSA) is 210 Å². The maximum absolute atomic E-state index is 12.8. The molecule has 0 aromatic rings. The van der Waals surface area contributed by atoms with Gasteiger partial charge in [0, 0.05) is 12.8 Å². The van der Waals surface area contributed by atoms with Crippen LogP contribution in [0.15, 0.2) is 85.1 Å². The molecule has 8 atom stereocenters. The molecule has 60 heavy (non-hydrogen) atoms.